The maximum absolute atomic E-state index is 11.6. The molecule has 84 valence electrons. The van der Waals surface area contributed by atoms with Crippen molar-refractivity contribution in [3.63, 3.8) is 0 Å². The van der Waals surface area contributed by atoms with Crippen LogP contribution in [0.4, 0.5) is 0 Å². The lowest BCUT2D eigenvalue weighted by atomic mass is 10.0. The minimum absolute atomic E-state index is 0.191. The number of carbonyl (C=O) groups is 1. The molecule has 0 aliphatic rings. The molecule has 0 spiro atoms. The summed E-state index contributed by atoms with van der Waals surface area (Å²) in [6, 6.07) is 0. The van der Waals surface area contributed by atoms with Gasteiger partial charge >= 0.3 is 0 Å². The number of hydrogen-bond acceptors (Lipinski definition) is 1. The van der Waals surface area contributed by atoms with Crippen LogP contribution in [0.2, 0.25) is 0 Å². The van der Waals surface area contributed by atoms with E-state index in [-0.39, 0.29) is 11.8 Å². The van der Waals surface area contributed by atoms with Gasteiger partial charge in [0.05, 0.1) is 0 Å². The van der Waals surface area contributed by atoms with E-state index in [9.17, 15) is 4.79 Å². The maximum Gasteiger partial charge on any atom is 0.223 e. The summed E-state index contributed by atoms with van der Waals surface area (Å²) < 4.78 is 0. The van der Waals surface area contributed by atoms with Crippen molar-refractivity contribution in [2.75, 3.05) is 6.54 Å². The molecule has 0 aromatic carbocycles. The highest BCUT2D eigenvalue weighted by atomic mass is 79.9. The van der Waals surface area contributed by atoms with Gasteiger partial charge in [-0.3, -0.25) is 4.79 Å². The Labute approximate surface area is 96.0 Å². The highest BCUT2D eigenvalue weighted by molar-refractivity contribution is 9.09. The molecule has 3 heteroatoms. The van der Waals surface area contributed by atoms with Crippen LogP contribution < -0.4 is 5.32 Å². The molecule has 14 heavy (non-hydrogen) atoms. The van der Waals surface area contributed by atoms with Gasteiger partial charge in [0.1, 0.15) is 0 Å². The van der Waals surface area contributed by atoms with Crippen LogP contribution in [0.25, 0.3) is 0 Å². The summed E-state index contributed by atoms with van der Waals surface area (Å²) in [5.41, 5.74) is 0. The Morgan fingerprint density at radius 2 is 1.86 bits per heavy atom. The predicted molar refractivity (Wildman–Crippen MR) is 64.7 cm³/mol. The topological polar surface area (TPSA) is 29.1 Å². The fraction of sp³-hybridized carbons (Fsp3) is 0.909. The van der Waals surface area contributed by atoms with E-state index in [1.165, 1.54) is 0 Å². The van der Waals surface area contributed by atoms with Crippen molar-refractivity contribution < 1.29 is 4.79 Å². The summed E-state index contributed by atoms with van der Waals surface area (Å²) in [7, 11) is 0. The van der Waals surface area contributed by atoms with Crippen molar-refractivity contribution in [1.82, 2.24) is 5.32 Å². The van der Waals surface area contributed by atoms with Crippen LogP contribution in [0.5, 0.6) is 0 Å². The molecule has 2 nitrogen and oxygen atoms in total. The molecule has 0 aromatic heterocycles. The molecule has 1 atom stereocenters. The lowest BCUT2D eigenvalue weighted by molar-refractivity contribution is -0.125. The van der Waals surface area contributed by atoms with Crippen LogP contribution in [0.3, 0.4) is 0 Å². The third kappa shape index (κ3) is 5.63. The van der Waals surface area contributed by atoms with E-state index in [2.05, 4.69) is 42.0 Å². The standard InChI is InChI=1S/C11H22BrNO/c1-4-7-10(12)8-13-11(14)9(5-2)6-3/h9-10H,4-8H2,1-3H3,(H,13,14). The van der Waals surface area contributed by atoms with Gasteiger partial charge in [0.25, 0.3) is 0 Å². The van der Waals surface area contributed by atoms with Crippen molar-refractivity contribution in [2.45, 2.75) is 51.3 Å². The normalized spacial score (nSPS) is 12.9. The van der Waals surface area contributed by atoms with Crippen LogP contribution in [0, 0.1) is 5.92 Å². The summed E-state index contributed by atoms with van der Waals surface area (Å²) in [6.45, 7) is 7.02. The Bertz CT molecular complexity index is 157. The number of carbonyl (C=O) groups excluding carboxylic acids is 1. The van der Waals surface area contributed by atoms with Gasteiger partial charge in [-0.25, -0.2) is 0 Å². The number of alkyl halides is 1. The van der Waals surface area contributed by atoms with E-state index in [0.717, 1.165) is 32.2 Å². The Kier molecular flexibility index (Phi) is 8.24. The van der Waals surface area contributed by atoms with Crippen molar-refractivity contribution in [2.24, 2.45) is 5.92 Å². The van der Waals surface area contributed by atoms with E-state index in [1.807, 2.05) is 0 Å². The fourth-order valence-corrected chi connectivity index (χ4v) is 2.05. The van der Waals surface area contributed by atoms with Gasteiger partial charge in [-0.05, 0) is 19.3 Å². The maximum atomic E-state index is 11.6. The molecule has 0 aromatic rings. The molecule has 0 saturated carbocycles. The first-order valence-electron chi connectivity index (χ1n) is 5.57. The van der Waals surface area contributed by atoms with E-state index in [4.69, 9.17) is 0 Å². The molecule has 1 N–H and O–H groups in total. The number of amides is 1. The van der Waals surface area contributed by atoms with Gasteiger partial charge in [0.2, 0.25) is 5.91 Å². The van der Waals surface area contributed by atoms with Gasteiger partial charge in [-0.2, -0.15) is 0 Å². The molecule has 0 fully saturated rings. The van der Waals surface area contributed by atoms with E-state index in [1.54, 1.807) is 0 Å². The number of hydrogen-bond donors (Lipinski definition) is 1. The van der Waals surface area contributed by atoms with Crippen molar-refractivity contribution in [3.8, 4) is 0 Å². The third-order valence-corrected chi connectivity index (χ3v) is 3.24. The number of halogens is 1. The molecule has 0 heterocycles. The van der Waals surface area contributed by atoms with Crippen LogP contribution >= 0.6 is 15.9 Å². The van der Waals surface area contributed by atoms with Gasteiger partial charge in [-0.15, -0.1) is 0 Å². The zero-order valence-corrected chi connectivity index (χ0v) is 11.1. The lowest BCUT2D eigenvalue weighted by Crippen LogP contribution is -2.34. The quantitative estimate of drug-likeness (QED) is 0.703. The zero-order chi connectivity index (χ0) is 11.0. The molecular formula is C11H22BrNO. The average molecular weight is 264 g/mol. The Hall–Kier alpha value is -0.0500. The zero-order valence-electron chi connectivity index (χ0n) is 9.48. The lowest BCUT2D eigenvalue weighted by Gasteiger charge is -2.14. The van der Waals surface area contributed by atoms with Crippen LogP contribution in [-0.4, -0.2) is 17.3 Å². The highest BCUT2D eigenvalue weighted by Crippen LogP contribution is 2.09. The summed E-state index contributed by atoms with van der Waals surface area (Å²) in [6.07, 6.45) is 4.13. The third-order valence-electron chi connectivity index (χ3n) is 2.46. The smallest absolute Gasteiger partial charge is 0.223 e. The second kappa shape index (κ2) is 8.27. The first-order valence-corrected chi connectivity index (χ1v) is 6.48. The van der Waals surface area contributed by atoms with E-state index >= 15 is 0 Å². The molecule has 0 rings (SSSR count). The Morgan fingerprint density at radius 1 is 1.29 bits per heavy atom. The van der Waals surface area contributed by atoms with Crippen molar-refractivity contribution in [1.29, 1.82) is 0 Å². The molecule has 0 aliphatic heterocycles. The molecule has 1 amide bonds. The Morgan fingerprint density at radius 3 is 2.29 bits per heavy atom. The largest absolute Gasteiger partial charge is 0.355 e. The van der Waals surface area contributed by atoms with Crippen molar-refractivity contribution in [3.05, 3.63) is 0 Å². The molecule has 0 aliphatic carbocycles. The van der Waals surface area contributed by atoms with Crippen LogP contribution in [-0.2, 0) is 4.79 Å². The summed E-state index contributed by atoms with van der Waals surface area (Å²) in [4.78, 5) is 12.0. The van der Waals surface area contributed by atoms with Gasteiger partial charge in [-0.1, -0.05) is 43.1 Å². The molecule has 1 unspecified atom stereocenters. The Balaban J connectivity index is 3.71. The van der Waals surface area contributed by atoms with E-state index in [0.29, 0.717) is 4.83 Å². The SMILES string of the molecule is CCCC(Br)CNC(=O)C(CC)CC. The molecule has 0 radical (unpaired) electrons. The second-order valence-electron chi connectivity index (χ2n) is 3.64. The number of nitrogens with one attached hydrogen (secondary N) is 1. The highest BCUT2D eigenvalue weighted by Gasteiger charge is 2.14. The summed E-state index contributed by atoms with van der Waals surface area (Å²) in [5.74, 6) is 0.395. The predicted octanol–water partition coefficient (Wildman–Crippen LogP) is 3.10. The molecule has 0 saturated heterocycles. The minimum atomic E-state index is 0.191. The minimum Gasteiger partial charge on any atom is -0.355 e. The average Bonchev–Trinajstić information content (AvgIpc) is 2.17. The molecular weight excluding hydrogens is 242 g/mol. The summed E-state index contributed by atoms with van der Waals surface area (Å²) >= 11 is 3.54. The van der Waals surface area contributed by atoms with Gasteiger partial charge in [0.15, 0.2) is 0 Å². The monoisotopic (exact) mass is 263 g/mol. The van der Waals surface area contributed by atoms with Crippen LogP contribution in [0.15, 0.2) is 0 Å². The van der Waals surface area contributed by atoms with E-state index < -0.39 is 0 Å². The van der Waals surface area contributed by atoms with Gasteiger partial charge < -0.3 is 5.32 Å². The van der Waals surface area contributed by atoms with Crippen LogP contribution in [0.1, 0.15) is 46.5 Å². The second-order valence-corrected chi connectivity index (χ2v) is 4.94. The summed E-state index contributed by atoms with van der Waals surface area (Å²) in [5, 5.41) is 2.98. The molecule has 0 bridgehead atoms. The number of rotatable bonds is 7. The first-order chi connectivity index (χ1) is 6.65. The van der Waals surface area contributed by atoms with Gasteiger partial charge in [0, 0.05) is 17.3 Å². The first kappa shape index (κ1) is 13.9. The fourth-order valence-electron chi connectivity index (χ4n) is 1.43. The van der Waals surface area contributed by atoms with Crippen molar-refractivity contribution >= 4 is 21.8 Å².